The first-order chi connectivity index (χ1) is 15.7. The summed E-state index contributed by atoms with van der Waals surface area (Å²) >= 11 is 0. The van der Waals surface area contributed by atoms with Gasteiger partial charge in [-0.3, -0.25) is 4.90 Å². The summed E-state index contributed by atoms with van der Waals surface area (Å²) in [5.41, 5.74) is 3.45. The molecule has 1 N–H and O–H groups in total. The number of ether oxygens (including phenoxy) is 2. The van der Waals surface area contributed by atoms with Gasteiger partial charge in [0.1, 0.15) is 0 Å². The number of benzene rings is 2. The van der Waals surface area contributed by atoms with E-state index in [2.05, 4.69) is 45.4 Å². The first-order valence-electron chi connectivity index (χ1n) is 11.5. The Bertz CT molecular complexity index is 851. The second-order valence-electron chi connectivity index (χ2n) is 8.41. The van der Waals surface area contributed by atoms with Crippen LogP contribution in [0.1, 0.15) is 17.2 Å². The van der Waals surface area contributed by atoms with Crippen LogP contribution in [0.15, 0.2) is 54.6 Å². The number of anilines is 1. The van der Waals surface area contributed by atoms with Crippen molar-refractivity contribution in [2.24, 2.45) is 0 Å². The summed E-state index contributed by atoms with van der Waals surface area (Å²) in [5, 5.41) is 3.27. The molecule has 32 heavy (non-hydrogen) atoms. The highest BCUT2D eigenvalue weighted by Gasteiger charge is 2.22. The van der Waals surface area contributed by atoms with Crippen molar-refractivity contribution >= 4 is 11.7 Å². The van der Waals surface area contributed by atoms with Crippen LogP contribution < -0.4 is 10.2 Å². The molecule has 2 aliphatic rings. The third-order valence-corrected chi connectivity index (χ3v) is 6.14. The number of urea groups is 1. The quantitative estimate of drug-likeness (QED) is 0.721. The fourth-order valence-electron chi connectivity index (χ4n) is 4.31. The molecule has 2 amide bonds. The predicted molar refractivity (Wildman–Crippen MR) is 126 cm³/mol. The van der Waals surface area contributed by atoms with Gasteiger partial charge < -0.3 is 24.6 Å². The lowest BCUT2D eigenvalue weighted by Crippen LogP contribution is -2.46. The van der Waals surface area contributed by atoms with Crippen LogP contribution in [0.3, 0.4) is 0 Å². The molecule has 0 spiro atoms. The highest BCUT2D eigenvalue weighted by molar-refractivity contribution is 5.75. The van der Waals surface area contributed by atoms with E-state index < -0.39 is 0 Å². The summed E-state index contributed by atoms with van der Waals surface area (Å²) in [6.45, 7) is 7.84. The van der Waals surface area contributed by atoms with E-state index in [0.717, 1.165) is 70.3 Å². The zero-order valence-electron chi connectivity index (χ0n) is 18.9. The fraction of sp³-hybridized carbons (Fsp3) is 0.480. The standard InChI is InChI=1S/C25H34N4O3/c1-27(19-22-9-5-6-10-24(22)29-13-17-32-18-14-29)25(30)26-23(21-7-3-2-4-8-21)20-28-11-15-31-16-12-28/h2-10,23H,11-20H2,1H3,(H,26,30). The number of nitrogens with zero attached hydrogens (tertiary/aromatic N) is 3. The molecule has 2 aromatic carbocycles. The Morgan fingerprint density at radius 3 is 2.28 bits per heavy atom. The van der Waals surface area contributed by atoms with E-state index in [1.807, 2.05) is 31.3 Å². The number of hydrogen-bond donors (Lipinski definition) is 1. The number of nitrogens with one attached hydrogen (secondary N) is 1. The maximum absolute atomic E-state index is 13.2. The molecule has 0 aromatic heterocycles. The fourth-order valence-corrected chi connectivity index (χ4v) is 4.31. The molecule has 2 heterocycles. The molecule has 0 aliphatic carbocycles. The van der Waals surface area contributed by atoms with Crippen molar-refractivity contribution < 1.29 is 14.3 Å². The van der Waals surface area contributed by atoms with Crippen molar-refractivity contribution in [1.82, 2.24) is 15.1 Å². The molecule has 7 heteroatoms. The lowest BCUT2D eigenvalue weighted by atomic mass is 10.1. The van der Waals surface area contributed by atoms with E-state index in [1.165, 1.54) is 5.69 Å². The van der Waals surface area contributed by atoms with Crippen LogP contribution in [0, 0.1) is 0 Å². The van der Waals surface area contributed by atoms with Gasteiger partial charge in [0.15, 0.2) is 0 Å². The van der Waals surface area contributed by atoms with E-state index in [9.17, 15) is 4.79 Å². The van der Waals surface area contributed by atoms with Gasteiger partial charge in [-0.15, -0.1) is 0 Å². The second kappa shape index (κ2) is 11.3. The Morgan fingerprint density at radius 2 is 1.56 bits per heavy atom. The van der Waals surface area contributed by atoms with Crippen molar-refractivity contribution in [2.75, 3.05) is 71.1 Å². The zero-order valence-corrected chi connectivity index (χ0v) is 18.9. The summed E-state index contributed by atoms with van der Waals surface area (Å²) in [6, 6.07) is 18.4. The van der Waals surface area contributed by atoms with Crippen molar-refractivity contribution in [1.29, 1.82) is 0 Å². The Kier molecular flexibility index (Phi) is 7.98. The van der Waals surface area contributed by atoms with Gasteiger partial charge >= 0.3 is 6.03 Å². The van der Waals surface area contributed by atoms with Crippen LogP contribution >= 0.6 is 0 Å². The van der Waals surface area contributed by atoms with Crippen LogP contribution in [-0.2, 0) is 16.0 Å². The number of rotatable bonds is 7. The van der Waals surface area contributed by atoms with E-state index in [0.29, 0.717) is 6.54 Å². The maximum Gasteiger partial charge on any atom is 0.317 e. The Balaban J connectivity index is 1.43. The third-order valence-electron chi connectivity index (χ3n) is 6.14. The predicted octanol–water partition coefficient (Wildman–Crippen LogP) is 2.74. The van der Waals surface area contributed by atoms with Gasteiger partial charge in [-0.05, 0) is 17.2 Å². The molecule has 7 nitrogen and oxygen atoms in total. The van der Waals surface area contributed by atoms with Crippen LogP contribution in [0.4, 0.5) is 10.5 Å². The normalized spacial score (nSPS) is 18.2. The van der Waals surface area contributed by atoms with Gasteiger partial charge in [-0.2, -0.15) is 0 Å². The average molecular weight is 439 g/mol. The molecular weight excluding hydrogens is 404 g/mol. The van der Waals surface area contributed by atoms with E-state index in [4.69, 9.17) is 9.47 Å². The number of carbonyl (C=O) groups is 1. The molecule has 1 unspecified atom stereocenters. The Hall–Kier alpha value is -2.61. The molecule has 4 rings (SSSR count). The largest absolute Gasteiger partial charge is 0.379 e. The van der Waals surface area contributed by atoms with Crippen molar-refractivity contribution in [3.8, 4) is 0 Å². The van der Waals surface area contributed by atoms with Crippen LogP contribution in [-0.4, -0.2) is 82.0 Å². The SMILES string of the molecule is CN(Cc1ccccc1N1CCOCC1)C(=O)NC(CN1CCOCC1)c1ccccc1. The Labute approximate surface area is 190 Å². The maximum atomic E-state index is 13.2. The van der Waals surface area contributed by atoms with E-state index in [-0.39, 0.29) is 12.1 Å². The Morgan fingerprint density at radius 1 is 0.938 bits per heavy atom. The molecule has 0 saturated carbocycles. The van der Waals surface area contributed by atoms with Crippen molar-refractivity contribution in [3.05, 3.63) is 65.7 Å². The molecule has 2 fully saturated rings. The van der Waals surface area contributed by atoms with Gasteiger partial charge in [0.2, 0.25) is 0 Å². The minimum Gasteiger partial charge on any atom is -0.379 e. The molecule has 2 aromatic rings. The molecule has 0 bridgehead atoms. The molecule has 1 atom stereocenters. The van der Waals surface area contributed by atoms with Crippen LogP contribution in [0.5, 0.6) is 0 Å². The highest BCUT2D eigenvalue weighted by Crippen LogP contribution is 2.23. The molecule has 2 aliphatic heterocycles. The van der Waals surface area contributed by atoms with Gasteiger partial charge in [0.25, 0.3) is 0 Å². The van der Waals surface area contributed by atoms with E-state index in [1.54, 1.807) is 4.90 Å². The van der Waals surface area contributed by atoms with Gasteiger partial charge in [-0.25, -0.2) is 4.79 Å². The first-order valence-corrected chi connectivity index (χ1v) is 11.5. The van der Waals surface area contributed by atoms with Gasteiger partial charge in [0, 0.05) is 52.0 Å². The number of para-hydroxylation sites is 1. The minimum absolute atomic E-state index is 0.0658. The van der Waals surface area contributed by atoms with Crippen molar-refractivity contribution in [3.63, 3.8) is 0 Å². The third kappa shape index (κ3) is 6.00. The molecule has 172 valence electrons. The first kappa shape index (κ1) is 22.6. The summed E-state index contributed by atoms with van der Waals surface area (Å²) in [4.78, 5) is 19.7. The molecule has 2 saturated heterocycles. The zero-order chi connectivity index (χ0) is 22.2. The second-order valence-corrected chi connectivity index (χ2v) is 8.41. The topological polar surface area (TPSA) is 57.3 Å². The van der Waals surface area contributed by atoms with Crippen LogP contribution in [0.2, 0.25) is 0 Å². The highest BCUT2D eigenvalue weighted by atomic mass is 16.5. The van der Waals surface area contributed by atoms with Crippen LogP contribution in [0.25, 0.3) is 0 Å². The number of morpholine rings is 2. The van der Waals surface area contributed by atoms with Gasteiger partial charge in [-0.1, -0.05) is 48.5 Å². The summed E-state index contributed by atoms with van der Waals surface area (Å²) in [6.07, 6.45) is 0. The lowest BCUT2D eigenvalue weighted by molar-refractivity contribution is 0.0337. The van der Waals surface area contributed by atoms with E-state index >= 15 is 0 Å². The monoisotopic (exact) mass is 438 g/mol. The lowest BCUT2D eigenvalue weighted by Gasteiger charge is -2.33. The van der Waals surface area contributed by atoms with Gasteiger partial charge in [0.05, 0.1) is 32.5 Å². The summed E-state index contributed by atoms with van der Waals surface area (Å²) in [7, 11) is 1.86. The number of carbonyl (C=O) groups excluding carboxylic acids is 1. The minimum atomic E-state index is -0.0706. The average Bonchev–Trinajstić information content (AvgIpc) is 2.85. The summed E-state index contributed by atoms with van der Waals surface area (Å²) in [5.74, 6) is 0. The van der Waals surface area contributed by atoms with Crippen molar-refractivity contribution in [2.45, 2.75) is 12.6 Å². The molecule has 0 radical (unpaired) electrons. The number of amides is 2. The molecular formula is C25H34N4O3. The number of hydrogen-bond acceptors (Lipinski definition) is 5. The smallest absolute Gasteiger partial charge is 0.317 e. The summed E-state index contributed by atoms with van der Waals surface area (Å²) < 4.78 is 11.0.